The first-order valence-corrected chi connectivity index (χ1v) is 11.1. The Morgan fingerprint density at radius 1 is 1.08 bits per heavy atom. The molecule has 6 nitrogen and oxygen atoms in total. The van der Waals surface area contributed by atoms with Crippen LogP contribution in [0.4, 0.5) is 0 Å². The molecule has 0 aromatic heterocycles. The van der Waals surface area contributed by atoms with Crippen molar-refractivity contribution >= 4 is 96.3 Å². The van der Waals surface area contributed by atoms with Crippen LogP contribution in [0.2, 0.25) is 0 Å². The maximum Gasteiger partial charge on any atom is 0.251 e. The van der Waals surface area contributed by atoms with Crippen LogP contribution in [-0.4, -0.2) is 17.1 Å². The van der Waals surface area contributed by atoms with Gasteiger partial charge in [0.05, 0.1) is 20.3 Å². The number of carbonyl (C=O) groups is 1. The molecule has 25 heavy (non-hydrogen) atoms. The van der Waals surface area contributed by atoms with E-state index in [9.17, 15) is 9.90 Å². The quantitative estimate of drug-likeness (QED) is 0.161. The minimum atomic E-state index is -0.705. The lowest BCUT2D eigenvalue weighted by atomic mass is 10.1. The number of amides is 1. The zero-order valence-electron chi connectivity index (χ0n) is 12.5. The van der Waals surface area contributed by atoms with Gasteiger partial charge in [0, 0.05) is 0 Å². The SMILES string of the molecule is NNC(=O)[C@@H](N)Cc1cc(I)c(Oc2cc(I)c(O)c(I)c2)c(I)c1. The maximum atomic E-state index is 11.5. The molecule has 10 heteroatoms. The van der Waals surface area contributed by atoms with E-state index in [2.05, 4.69) is 95.8 Å². The predicted octanol–water partition coefficient (Wildman–Crippen LogP) is 3.46. The van der Waals surface area contributed by atoms with Gasteiger partial charge >= 0.3 is 0 Å². The molecule has 2 aromatic rings. The first-order chi connectivity index (χ1) is 11.7. The van der Waals surface area contributed by atoms with E-state index < -0.39 is 11.9 Å². The van der Waals surface area contributed by atoms with Gasteiger partial charge in [-0.3, -0.25) is 10.2 Å². The van der Waals surface area contributed by atoms with Crippen LogP contribution in [0.5, 0.6) is 17.2 Å². The Bertz CT molecular complexity index is 771. The van der Waals surface area contributed by atoms with Gasteiger partial charge in [-0.2, -0.15) is 0 Å². The molecule has 0 aliphatic heterocycles. The third-order valence-corrected chi connectivity index (χ3v) is 6.45. The number of aromatic hydroxyl groups is 1. The van der Waals surface area contributed by atoms with Crippen LogP contribution < -0.4 is 21.7 Å². The summed E-state index contributed by atoms with van der Waals surface area (Å²) >= 11 is 8.50. The summed E-state index contributed by atoms with van der Waals surface area (Å²) in [4.78, 5) is 11.5. The molecular formula is C15H13I4N3O3. The van der Waals surface area contributed by atoms with E-state index in [0.29, 0.717) is 12.2 Å². The van der Waals surface area contributed by atoms with E-state index in [1.807, 2.05) is 12.1 Å². The van der Waals surface area contributed by atoms with E-state index >= 15 is 0 Å². The number of halogens is 4. The summed E-state index contributed by atoms with van der Waals surface area (Å²) in [5.41, 5.74) is 8.80. The van der Waals surface area contributed by atoms with Crippen molar-refractivity contribution in [2.75, 3.05) is 0 Å². The van der Waals surface area contributed by atoms with Crippen LogP contribution in [0.25, 0.3) is 0 Å². The Labute approximate surface area is 199 Å². The maximum absolute atomic E-state index is 11.5. The smallest absolute Gasteiger partial charge is 0.251 e. The molecule has 0 radical (unpaired) electrons. The van der Waals surface area contributed by atoms with Gasteiger partial charge in [0.15, 0.2) is 5.75 Å². The summed E-state index contributed by atoms with van der Waals surface area (Å²) in [5, 5.41) is 9.86. The molecule has 0 heterocycles. The second-order valence-electron chi connectivity index (χ2n) is 5.05. The number of carbonyl (C=O) groups excluding carboxylic acids is 1. The Balaban J connectivity index is 2.27. The van der Waals surface area contributed by atoms with Crippen molar-refractivity contribution in [2.45, 2.75) is 12.5 Å². The van der Waals surface area contributed by atoms with Crippen molar-refractivity contribution in [1.82, 2.24) is 5.43 Å². The molecule has 0 bridgehead atoms. The van der Waals surface area contributed by atoms with Gasteiger partial charge in [-0.05, 0) is 127 Å². The predicted molar refractivity (Wildman–Crippen MR) is 130 cm³/mol. The molecule has 134 valence electrons. The fourth-order valence-electron chi connectivity index (χ4n) is 2.00. The lowest BCUT2D eigenvalue weighted by molar-refractivity contribution is -0.122. The van der Waals surface area contributed by atoms with Gasteiger partial charge in [-0.15, -0.1) is 0 Å². The van der Waals surface area contributed by atoms with Gasteiger partial charge in [0.1, 0.15) is 11.5 Å². The second-order valence-corrected chi connectivity index (χ2v) is 9.69. The Hall–Kier alpha value is 0.350. The van der Waals surface area contributed by atoms with Crippen molar-refractivity contribution in [3.63, 3.8) is 0 Å². The molecule has 6 N–H and O–H groups in total. The number of nitrogens with one attached hydrogen (secondary N) is 1. The normalized spacial score (nSPS) is 11.9. The van der Waals surface area contributed by atoms with E-state index in [-0.39, 0.29) is 5.75 Å². The Morgan fingerprint density at radius 2 is 1.60 bits per heavy atom. The molecule has 0 saturated carbocycles. The molecule has 0 aliphatic carbocycles. The first-order valence-electron chi connectivity index (χ1n) is 6.82. The van der Waals surface area contributed by atoms with E-state index in [4.69, 9.17) is 16.3 Å². The summed E-state index contributed by atoms with van der Waals surface area (Å²) < 4.78 is 9.26. The fraction of sp³-hybridized carbons (Fsp3) is 0.133. The summed E-state index contributed by atoms with van der Waals surface area (Å²) in [6, 6.07) is 6.71. The number of nitrogens with two attached hydrogens (primary N) is 2. The first kappa shape index (κ1) is 21.6. The number of ether oxygens (including phenoxy) is 1. The van der Waals surface area contributed by atoms with Crippen LogP contribution in [0.1, 0.15) is 5.56 Å². The van der Waals surface area contributed by atoms with Crippen LogP contribution in [0.15, 0.2) is 24.3 Å². The summed E-state index contributed by atoms with van der Waals surface area (Å²) in [6.07, 6.45) is 0.379. The van der Waals surface area contributed by atoms with Gasteiger partial charge < -0.3 is 15.6 Å². The molecular weight excluding hydrogens is 778 g/mol. The molecule has 0 unspecified atom stereocenters. The minimum absolute atomic E-state index is 0.250. The van der Waals surface area contributed by atoms with Crippen LogP contribution in [0.3, 0.4) is 0 Å². The van der Waals surface area contributed by atoms with Gasteiger partial charge in [-0.25, -0.2) is 5.84 Å². The number of hydrogen-bond donors (Lipinski definition) is 4. The summed E-state index contributed by atoms with van der Waals surface area (Å²) in [7, 11) is 0. The molecule has 2 rings (SSSR count). The molecule has 1 amide bonds. The standard InChI is InChI=1S/C15H13I4N3O3/c16-8-4-7(5-9(17)13(8)23)25-14-10(18)1-6(2-11(14)19)3-12(20)15(24)22-21/h1-2,4-5,12,23H,3,20-21H2,(H,22,24)/t12-/m0/s1. The van der Waals surface area contributed by atoms with E-state index in [0.717, 1.165) is 25.6 Å². The molecule has 0 spiro atoms. The van der Waals surface area contributed by atoms with Crippen molar-refractivity contribution < 1.29 is 14.6 Å². The topological polar surface area (TPSA) is 111 Å². The molecule has 1 atom stereocenters. The van der Waals surface area contributed by atoms with Gasteiger partial charge in [0.2, 0.25) is 0 Å². The molecule has 0 fully saturated rings. The largest absolute Gasteiger partial charge is 0.506 e. The van der Waals surface area contributed by atoms with Crippen molar-refractivity contribution in [3.05, 3.63) is 44.1 Å². The van der Waals surface area contributed by atoms with Crippen LogP contribution in [-0.2, 0) is 11.2 Å². The third kappa shape index (κ3) is 5.66. The number of rotatable bonds is 5. The van der Waals surface area contributed by atoms with Crippen molar-refractivity contribution in [2.24, 2.45) is 11.6 Å². The lowest BCUT2D eigenvalue weighted by Gasteiger charge is -2.15. The average Bonchev–Trinajstić information content (AvgIpc) is 2.55. The van der Waals surface area contributed by atoms with Gasteiger partial charge in [-0.1, -0.05) is 0 Å². The third-order valence-electron chi connectivity index (χ3n) is 3.20. The number of phenols is 1. The van der Waals surface area contributed by atoms with E-state index in [1.54, 1.807) is 12.1 Å². The number of hydrogen-bond acceptors (Lipinski definition) is 5. The van der Waals surface area contributed by atoms with E-state index in [1.165, 1.54) is 0 Å². The zero-order chi connectivity index (χ0) is 18.7. The van der Waals surface area contributed by atoms with Gasteiger partial charge in [0.25, 0.3) is 5.91 Å². The summed E-state index contributed by atoms with van der Waals surface area (Å²) in [5.74, 6) is 6.33. The zero-order valence-corrected chi connectivity index (χ0v) is 21.2. The average molecular weight is 791 g/mol. The monoisotopic (exact) mass is 791 g/mol. The summed E-state index contributed by atoms with van der Waals surface area (Å²) in [6.45, 7) is 0. The number of benzene rings is 2. The van der Waals surface area contributed by atoms with Crippen molar-refractivity contribution in [1.29, 1.82) is 0 Å². The second kappa shape index (κ2) is 9.52. The number of phenolic OH excluding ortho intramolecular Hbond substituents is 1. The fourth-order valence-corrected chi connectivity index (χ4v) is 5.83. The Morgan fingerprint density at radius 3 is 2.08 bits per heavy atom. The lowest BCUT2D eigenvalue weighted by Crippen LogP contribution is -2.45. The minimum Gasteiger partial charge on any atom is -0.506 e. The highest BCUT2D eigenvalue weighted by Gasteiger charge is 2.16. The number of hydrazine groups is 1. The highest BCUT2D eigenvalue weighted by Crippen LogP contribution is 2.36. The molecule has 0 aliphatic rings. The molecule has 2 aromatic carbocycles. The molecule has 0 saturated heterocycles. The Kier molecular flexibility index (Phi) is 8.24. The van der Waals surface area contributed by atoms with Crippen LogP contribution >= 0.6 is 90.4 Å². The highest BCUT2D eigenvalue weighted by atomic mass is 127. The van der Waals surface area contributed by atoms with Crippen LogP contribution in [0, 0.1) is 14.3 Å². The highest BCUT2D eigenvalue weighted by molar-refractivity contribution is 14.1. The van der Waals surface area contributed by atoms with Crippen molar-refractivity contribution in [3.8, 4) is 17.2 Å².